The lowest BCUT2D eigenvalue weighted by Gasteiger charge is -2.16. The van der Waals surface area contributed by atoms with E-state index in [9.17, 15) is 13.6 Å². The van der Waals surface area contributed by atoms with Crippen molar-refractivity contribution in [2.75, 3.05) is 13.2 Å². The number of hydrogen-bond donors (Lipinski definition) is 2. The number of thiazole rings is 1. The Bertz CT molecular complexity index is 820. The second kappa shape index (κ2) is 10.1. The number of aromatic nitrogens is 3. The number of aryl methyl sites for hydroxylation is 1. The van der Waals surface area contributed by atoms with E-state index in [0.29, 0.717) is 34.7 Å². The molecule has 1 atom stereocenters. The van der Waals surface area contributed by atoms with E-state index < -0.39 is 12.5 Å². The van der Waals surface area contributed by atoms with E-state index in [1.807, 2.05) is 13.8 Å². The zero-order valence-electron chi connectivity index (χ0n) is 16.2. The molecule has 11 heteroatoms. The lowest BCUT2D eigenvalue weighted by molar-refractivity contribution is 0.0530. The number of imidazole rings is 1. The van der Waals surface area contributed by atoms with E-state index >= 15 is 0 Å². The van der Waals surface area contributed by atoms with Gasteiger partial charge in [0.25, 0.3) is 0 Å². The minimum atomic E-state index is -2.67. The maximum absolute atomic E-state index is 12.9. The second-order valence-electron chi connectivity index (χ2n) is 5.78. The maximum atomic E-state index is 12.9. The molecule has 0 aliphatic carbocycles. The van der Waals surface area contributed by atoms with Crippen molar-refractivity contribution in [1.29, 1.82) is 0 Å². The van der Waals surface area contributed by atoms with Gasteiger partial charge in [0.1, 0.15) is 22.3 Å². The average molecular weight is 414 g/mol. The molecule has 154 valence electrons. The number of carbonyl (C=O) groups is 1. The van der Waals surface area contributed by atoms with Crippen LogP contribution in [0.3, 0.4) is 0 Å². The Balaban J connectivity index is 2.12. The molecule has 2 N–H and O–H groups in total. The first kappa shape index (κ1) is 21.7. The Labute approximate surface area is 166 Å². The van der Waals surface area contributed by atoms with Gasteiger partial charge in [-0.05, 0) is 27.7 Å². The highest BCUT2D eigenvalue weighted by atomic mass is 32.1. The van der Waals surface area contributed by atoms with Gasteiger partial charge in [-0.25, -0.2) is 19.8 Å². The maximum Gasteiger partial charge on any atom is 0.350 e. The molecular weight excluding hydrogens is 390 g/mol. The summed E-state index contributed by atoms with van der Waals surface area (Å²) >= 11 is 1.25. The molecular formula is C17H24F2N6O2S. The number of esters is 1. The molecule has 0 spiro atoms. The fourth-order valence-electron chi connectivity index (χ4n) is 2.37. The number of nitrogens with one attached hydrogen (secondary N) is 2. The Morgan fingerprint density at radius 3 is 2.82 bits per heavy atom. The molecule has 0 bridgehead atoms. The van der Waals surface area contributed by atoms with Gasteiger partial charge in [0.05, 0.1) is 18.3 Å². The topological polar surface area (TPSA) is 93.4 Å². The SMILES string of the molecule is CCNC(=NCc1nccn1C(F)F)NC(C)c1nc(C)c(C(=O)OCC)s1. The Hall–Kier alpha value is -2.56. The van der Waals surface area contributed by atoms with Crippen molar-refractivity contribution in [3.63, 3.8) is 0 Å². The van der Waals surface area contributed by atoms with Crippen LogP contribution in [-0.4, -0.2) is 39.6 Å². The molecule has 1 unspecified atom stereocenters. The molecule has 0 aliphatic rings. The van der Waals surface area contributed by atoms with Gasteiger partial charge in [0.2, 0.25) is 0 Å². The van der Waals surface area contributed by atoms with Crippen molar-refractivity contribution in [3.05, 3.63) is 33.8 Å². The normalized spacial score (nSPS) is 12.9. The molecule has 2 aromatic rings. The molecule has 0 fully saturated rings. The van der Waals surface area contributed by atoms with Crippen molar-refractivity contribution in [1.82, 2.24) is 25.2 Å². The molecule has 0 aliphatic heterocycles. The van der Waals surface area contributed by atoms with Gasteiger partial charge < -0.3 is 15.4 Å². The van der Waals surface area contributed by atoms with Crippen LogP contribution in [0.5, 0.6) is 0 Å². The van der Waals surface area contributed by atoms with Crippen LogP contribution in [0, 0.1) is 6.92 Å². The number of hydrogen-bond acceptors (Lipinski definition) is 6. The number of alkyl halides is 2. The average Bonchev–Trinajstić information content (AvgIpc) is 3.26. The number of ether oxygens (including phenoxy) is 1. The van der Waals surface area contributed by atoms with Crippen molar-refractivity contribution < 1.29 is 18.3 Å². The number of halogens is 2. The summed E-state index contributed by atoms with van der Waals surface area (Å²) in [6.45, 7) is 5.48. The van der Waals surface area contributed by atoms with E-state index in [1.165, 1.54) is 23.7 Å². The van der Waals surface area contributed by atoms with Crippen molar-refractivity contribution >= 4 is 23.3 Å². The van der Waals surface area contributed by atoms with Gasteiger partial charge in [0, 0.05) is 18.9 Å². The van der Waals surface area contributed by atoms with Gasteiger partial charge in [0.15, 0.2) is 5.96 Å². The zero-order valence-corrected chi connectivity index (χ0v) is 17.0. The van der Waals surface area contributed by atoms with E-state index in [1.54, 1.807) is 13.8 Å². The first-order valence-electron chi connectivity index (χ1n) is 8.86. The number of aliphatic imine (C=N–C) groups is 1. The highest BCUT2D eigenvalue weighted by molar-refractivity contribution is 7.13. The smallest absolute Gasteiger partial charge is 0.350 e. The Morgan fingerprint density at radius 1 is 1.43 bits per heavy atom. The van der Waals surface area contributed by atoms with Crippen LogP contribution in [0.15, 0.2) is 17.4 Å². The first-order chi connectivity index (χ1) is 13.4. The summed E-state index contributed by atoms with van der Waals surface area (Å²) in [7, 11) is 0. The summed E-state index contributed by atoms with van der Waals surface area (Å²) in [4.78, 5) is 25.1. The van der Waals surface area contributed by atoms with Gasteiger partial charge in [-0.15, -0.1) is 11.3 Å². The van der Waals surface area contributed by atoms with Crippen LogP contribution in [0.1, 0.15) is 59.6 Å². The first-order valence-corrected chi connectivity index (χ1v) is 9.68. The molecule has 8 nitrogen and oxygen atoms in total. The molecule has 0 saturated heterocycles. The molecule has 28 heavy (non-hydrogen) atoms. The zero-order chi connectivity index (χ0) is 20.7. The molecule has 2 aromatic heterocycles. The predicted octanol–water partition coefficient (Wildman–Crippen LogP) is 3.04. The van der Waals surface area contributed by atoms with Crippen molar-refractivity contribution in [2.24, 2.45) is 4.99 Å². The monoisotopic (exact) mass is 414 g/mol. The van der Waals surface area contributed by atoms with Crippen LogP contribution in [0.25, 0.3) is 0 Å². The summed E-state index contributed by atoms with van der Waals surface area (Å²) in [5.74, 6) is 0.203. The molecule has 0 saturated carbocycles. The number of guanidine groups is 1. The minimum Gasteiger partial charge on any atom is -0.462 e. The van der Waals surface area contributed by atoms with Gasteiger partial charge in [-0.1, -0.05) is 0 Å². The van der Waals surface area contributed by atoms with Crippen LogP contribution >= 0.6 is 11.3 Å². The van der Waals surface area contributed by atoms with Crippen LogP contribution in [0.2, 0.25) is 0 Å². The predicted molar refractivity (Wildman–Crippen MR) is 103 cm³/mol. The molecule has 0 radical (unpaired) electrons. The summed E-state index contributed by atoms with van der Waals surface area (Å²) < 4.78 is 31.7. The highest BCUT2D eigenvalue weighted by Gasteiger charge is 2.20. The third-order valence-electron chi connectivity index (χ3n) is 3.68. The van der Waals surface area contributed by atoms with Crippen molar-refractivity contribution in [2.45, 2.75) is 46.8 Å². The summed E-state index contributed by atoms with van der Waals surface area (Å²) in [6, 6.07) is -0.250. The lowest BCUT2D eigenvalue weighted by atomic mass is 10.3. The standard InChI is InChI=1S/C17H24F2N6O2S/c1-5-20-17(22-9-12-21-7-8-25(12)16(18)19)24-11(4)14-23-10(3)13(28-14)15(26)27-6-2/h7-8,11,16H,5-6,9H2,1-4H3,(H2,20,22,24). The summed E-state index contributed by atoms with van der Waals surface area (Å²) in [5, 5.41) is 6.92. The summed E-state index contributed by atoms with van der Waals surface area (Å²) in [5.41, 5.74) is 0.605. The van der Waals surface area contributed by atoms with Crippen LogP contribution in [0.4, 0.5) is 8.78 Å². The number of rotatable bonds is 8. The highest BCUT2D eigenvalue weighted by Crippen LogP contribution is 2.24. The molecule has 0 aromatic carbocycles. The minimum absolute atomic E-state index is 0.00956. The van der Waals surface area contributed by atoms with Crippen LogP contribution < -0.4 is 10.6 Å². The fraction of sp³-hybridized carbons (Fsp3) is 0.529. The summed E-state index contributed by atoms with van der Waals surface area (Å²) in [6.07, 6.45) is 2.53. The van der Waals surface area contributed by atoms with E-state index in [-0.39, 0.29) is 18.4 Å². The largest absolute Gasteiger partial charge is 0.462 e. The molecule has 2 heterocycles. The van der Waals surface area contributed by atoms with Crippen molar-refractivity contribution in [3.8, 4) is 0 Å². The molecule has 0 amide bonds. The molecule has 2 rings (SSSR count). The Morgan fingerprint density at radius 2 is 2.18 bits per heavy atom. The quantitative estimate of drug-likeness (QED) is 0.392. The Kier molecular flexibility index (Phi) is 7.85. The van der Waals surface area contributed by atoms with E-state index in [2.05, 4.69) is 25.6 Å². The second-order valence-corrected chi connectivity index (χ2v) is 6.81. The fourth-order valence-corrected chi connectivity index (χ4v) is 3.33. The van der Waals surface area contributed by atoms with E-state index in [4.69, 9.17) is 4.74 Å². The van der Waals surface area contributed by atoms with E-state index in [0.717, 1.165) is 4.57 Å². The lowest BCUT2D eigenvalue weighted by Crippen LogP contribution is -2.38. The van der Waals surface area contributed by atoms with Gasteiger partial charge in [-0.2, -0.15) is 8.78 Å². The number of nitrogens with zero attached hydrogens (tertiary/aromatic N) is 4. The number of carbonyl (C=O) groups excluding carboxylic acids is 1. The third kappa shape index (κ3) is 5.47. The van der Waals surface area contributed by atoms with Gasteiger partial charge in [-0.3, -0.25) is 4.57 Å². The van der Waals surface area contributed by atoms with Gasteiger partial charge >= 0.3 is 12.5 Å². The third-order valence-corrected chi connectivity index (χ3v) is 5.00. The van der Waals surface area contributed by atoms with Crippen LogP contribution in [-0.2, 0) is 11.3 Å².